The highest BCUT2D eigenvalue weighted by Gasteiger charge is 2.24. The lowest BCUT2D eigenvalue weighted by molar-refractivity contribution is -0.131. The molecule has 0 N–H and O–H groups in total. The van der Waals surface area contributed by atoms with E-state index in [1.165, 1.54) is 6.92 Å². The van der Waals surface area contributed by atoms with Crippen LogP contribution in [0.4, 0.5) is 0 Å². The Morgan fingerprint density at radius 1 is 1.50 bits per heavy atom. The number of carbonyl (C=O) groups is 1. The first kappa shape index (κ1) is 11.1. The highest BCUT2D eigenvalue weighted by atomic mass is 16.7. The number of rotatable bonds is 2. The van der Waals surface area contributed by atoms with Crippen LogP contribution in [0.25, 0.3) is 0 Å². The van der Waals surface area contributed by atoms with E-state index in [9.17, 15) is 4.79 Å². The molecule has 4 nitrogen and oxygen atoms in total. The van der Waals surface area contributed by atoms with Gasteiger partial charge in [0.05, 0.1) is 12.7 Å². The molecule has 86 valence electrons. The largest absolute Gasteiger partial charge is 0.427 e. The Bertz CT molecular complexity index is 388. The zero-order valence-corrected chi connectivity index (χ0v) is 9.30. The molecular weight excluding hydrogens is 208 g/mol. The molecule has 0 radical (unpaired) electrons. The van der Waals surface area contributed by atoms with Crippen LogP contribution in [-0.4, -0.2) is 18.7 Å². The van der Waals surface area contributed by atoms with Crippen molar-refractivity contribution in [3.05, 3.63) is 29.8 Å². The Morgan fingerprint density at radius 2 is 2.31 bits per heavy atom. The molecule has 0 saturated carbocycles. The first-order valence-corrected chi connectivity index (χ1v) is 5.20. The first-order chi connectivity index (χ1) is 7.65. The second kappa shape index (κ2) is 4.63. The van der Waals surface area contributed by atoms with E-state index in [4.69, 9.17) is 14.2 Å². The molecule has 2 rings (SSSR count). The maximum Gasteiger partial charge on any atom is 0.308 e. The van der Waals surface area contributed by atoms with Gasteiger partial charge in [-0.25, -0.2) is 0 Å². The summed E-state index contributed by atoms with van der Waals surface area (Å²) in [6.07, 6.45) is -0.257. The average molecular weight is 222 g/mol. The van der Waals surface area contributed by atoms with Gasteiger partial charge in [0.2, 0.25) is 0 Å². The Morgan fingerprint density at radius 3 is 2.94 bits per heavy atom. The number of esters is 1. The predicted octanol–water partition coefficient (Wildman–Crippen LogP) is 2.05. The summed E-state index contributed by atoms with van der Waals surface area (Å²) in [4.78, 5) is 10.8. The second-order valence-corrected chi connectivity index (χ2v) is 3.78. The van der Waals surface area contributed by atoms with Gasteiger partial charge in [0.1, 0.15) is 5.75 Å². The van der Waals surface area contributed by atoms with Crippen LogP contribution in [0.15, 0.2) is 24.3 Å². The van der Waals surface area contributed by atoms with Crippen molar-refractivity contribution in [3.8, 4) is 5.75 Å². The minimum absolute atomic E-state index is 0.0994. The van der Waals surface area contributed by atoms with E-state index in [-0.39, 0.29) is 18.4 Å². The van der Waals surface area contributed by atoms with Gasteiger partial charge in [0.25, 0.3) is 0 Å². The number of ether oxygens (including phenoxy) is 3. The van der Waals surface area contributed by atoms with Gasteiger partial charge in [-0.2, -0.15) is 0 Å². The number of hydrogen-bond acceptors (Lipinski definition) is 4. The zero-order valence-electron chi connectivity index (χ0n) is 9.30. The summed E-state index contributed by atoms with van der Waals surface area (Å²) in [5, 5.41) is 0. The van der Waals surface area contributed by atoms with E-state index in [2.05, 4.69) is 0 Å². The summed E-state index contributed by atoms with van der Waals surface area (Å²) >= 11 is 0. The third-order valence-corrected chi connectivity index (χ3v) is 2.23. The Labute approximate surface area is 94.1 Å². The summed E-state index contributed by atoms with van der Waals surface area (Å²) in [5.74, 6) is 0.176. The third kappa shape index (κ3) is 2.59. The van der Waals surface area contributed by atoms with Crippen LogP contribution in [0.2, 0.25) is 0 Å². The van der Waals surface area contributed by atoms with Crippen molar-refractivity contribution in [2.45, 2.75) is 26.2 Å². The summed E-state index contributed by atoms with van der Waals surface area (Å²) in [6.45, 7) is 3.91. The van der Waals surface area contributed by atoms with Gasteiger partial charge in [-0.15, -0.1) is 0 Å². The summed E-state index contributed by atoms with van der Waals surface area (Å²) in [6, 6.07) is 7.17. The fraction of sp³-hybridized carbons (Fsp3) is 0.417. The molecule has 1 heterocycles. The van der Waals surface area contributed by atoms with Gasteiger partial charge in [0.15, 0.2) is 6.29 Å². The van der Waals surface area contributed by atoms with Gasteiger partial charge in [0, 0.05) is 12.5 Å². The molecule has 1 aromatic carbocycles. The molecule has 0 unspecified atom stereocenters. The molecular formula is C12H14O4. The molecule has 0 amide bonds. The van der Waals surface area contributed by atoms with E-state index < -0.39 is 0 Å². The lowest BCUT2D eigenvalue weighted by Crippen LogP contribution is -2.04. The average Bonchev–Trinajstić information content (AvgIpc) is 2.64. The molecule has 0 aromatic heterocycles. The molecule has 16 heavy (non-hydrogen) atoms. The monoisotopic (exact) mass is 222 g/mol. The van der Waals surface area contributed by atoms with E-state index in [1.807, 2.05) is 19.1 Å². The lowest BCUT2D eigenvalue weighted by atomic mass is 10.2. The summed E-state index contributed by atoms with van der Waals surface area (Å²) in [7, 11) is 0. The number of benzene rings is 1. The Kier molecular flexibility index (Phi) is 3.22. The number of hydrogen-bond donors (Lipinski definition) is 0. The van der Waals surface area contributed by atoms with E-state index in [1.54, 1.807) is 12.1 Å². The van der Waals surface area contributed by atoms with Gasteiger partial charge in [-0.3, -0.25) is 4.79 Å². The van der Waals surface area contributed by atoms with Crippen molar-refractivity contribution in [2.24, 2.45) is 0 Å². The maximum atomic E-state index is 10.8. The molecule has 1 aliphatic rings. The normalized spacial score (nSPS) is 24.4. The molecule has 2 atom stereocenters. The molecule has 0 aliphatic carbocycles. The van der Waals surface area contributed by atoms with Crippen LogP contribution in [-0.2, 0) is 14.3 Å². The van der Waals surface area contributed by atoms with E-state index in [0.29, 0.717) is 12.4 Å². The van der Waals surface area contributed by atoms with Crippen molar-refractivity contribution in [2.75, 3.05) is 6.61 Å². The molecule has 1 aliphatic heterocycles. The van der Waals surface area contributed by atoms with Gasteiger partial charge in [-0.1, -0.05) is 12.1 Å². The van der Waals surface area contributed by atoms with Gasteiger partial charge < -0.3 is 14.2 Å². The van der Waals surface area contributed by atoms with Crippen LogP contribution < -0.4 is 4.74 Å². The molecule has 0 spiro atoms. The molecule has 4 heteroatoms. The van der Waals surface area contributed by atoms with Crippen LogP contribution in [0.5, 0.6) is 5.75 Å². The SMILES string of the molecule is CC(=O)Oc1cccc([C@H]2OC[C@H](C)O2)c1. The Hall–Kier alpha value is -1.39. The van der Waals surface area contributed by atoms with Crippen LogP contribution in [0, 0.1) is 0 Å². The Balaban J connectivity index is 2.12. The van der Waals surface area contributed by atoms with Crippen molar-refractivity contribution >= 4 is 5.97 Å². The minimum atomic E-state index is -0.356. The summed E-state index contributed by atoms with van der Waals surface area (Å²) in [5.41, 5.74) is 0.864. The van der Waals surface area contributed by atoms with E-state index >= 15 is 0 Å². The minimum Gasteiger partial charge on any atom is -0.427 e. The molecule has 1 saturated heterocycles. The van der Waals surface area contributed by atoms with Gasteiger partial charge >= 0.3 is 5.97 Å². The molecule has 0 bridgehead atoms. The second-order valence-electron chi connectivity index (χ2n) is 3.78. The topological polar surface area (TPSA) is 44.8 Å². The van der Waals surface area contributed by atoms with Crippen molar-refractivity contribution < 1.29 is 19.0 Å². The molecule has 1 aromatic rings. The quantitative estimate of drug-likeness (QED) is 0.567. The zero-order chi connectivity index (χ0) is 11.5. The van der Waals surface area contributed by atoms with Crippen LogP contribution >= 0.6 is 0 Å². The molecule has 1 fully saturated rings. The van der Waals surface area contributed by atoms with Crippen LogP contribution in [0.1, 0.15) is 25.7 Å². The smallest absolute Gasteiger partial charge is 0.308 e. The van der Waals surface area contributed by atoms with Gasteiger partial charge in [-0.05, 0) is 19.1 Å². The summed E-state index contributed by atoms with van der Waals surface area (Å²) < 4.78 is 16.0. The number of carbonyl (C=O) groups excluding carboxylic acids is 1. The van der Waals surface area contributed by atoms with Crippen molar-refractivity contribution in [1.29, 1.82) is 0 Å². The highest BCUT2D eigenvalue weighted by Crippen LogP contribution is 2.28. The van der Waals surface area contributed by atoms with Crippen LogP contribution in [0.3, 0.4) is 0 Å². The maximum absolute atomic E-state index is 10.8. The van der Waals surface area contributed by atoms with E-state index in [0.717, 1.165) is 5.56 Å². The van der Waals surface area contributed by atoms with Crippen molar-refractivity contribution in [3.63, 3.8) is 0 Å². The fourth-order valence-electron chi connectivity index (χ4n) is 1.58. The predicted molar refractivity (Wildman–Crippen MR) is 57.0 cm³/mol. The van der Waals surface area contributed by atoms with Crippen molar-refractivity contribution in [1.82, 2.24) is 0 Å². The first-order valence-electron chi connectivity index (χ1n) is 5.20. The fourth-order valence-corrected chi connectivity index (χ4v) is 1.58. The third-order valence-electron chi connectivity index (χ3n) is 2.23. The highest BCUT2D eigenvalue weighted by molar-refractivity contribution is 5.69. The standard InChI is InChI=1S/C12H14O4/c1-8-7-14-12(15-8)10-4-3-5-11(6-10)16-9(2)13/h3-6,8,12H,7H2,1-2H3/t8-,12-/m0/s1. The lowest BCUT2D eigenvalue weighted by Gasteiger charge is -2.11.